The molecule has 0 saturated carbocycles. The van der Waals surface area contributed by atoms with Crippen LogP contribution < -0.4 is 11.1 Å². The molecule has 0 heterocycles. The average molecular weight is 274 g/mol. The van der Waals surface area contributed by atoms with Crippen molar-refractivity contribution in [3.8, 4) is 12.3 Å². The number of carbonyl (C=O) groups is 1. The first kappa shape index (κ1) is 15.0. The Kier molecular flexibility index (Phi) is 4.51. The van der Waals surface area contributed by atoms with Crippen LogP contribution in [0.5, 0.6) is 0 Å². The summed E-state index contributed by atoms with van der Waals surface area (Å²) in [6.07, 6.45) is 0.203. The fourth-order valence-electron chi connectivity index (χ4n) is 1.24. The number of terminal acetylenes is 1. The molecule has 102 valence electrons. The lowest BCUT2D eigenvalue weighted by Crippen LogP contribution is -2.35. The zero-order chi connectivity index (χ0) is 14.6. The van der Waals surface area contributed by atoms with Gasteiger partial charge in [0.2, 0.25) is 5.91 Å². The number of rotatable bonds is 3. The first-order chi connectivity index (χ1) is 8.75. The van der Waals surface area contributed by atoms with Gasteiger partial charge in [-0.3, -0.25) is 4.79 Å². The van der Waals surface area contributed by atoms with E-state index in [2.05, 4.69) is 5.92 Å². The van der Waals surface area contributed by atoms with E-state index in [1.807, 2.05) is 5.32 Å². The van der Waals surface area contributed by atoms with Gasteiger partial charge >= 0.3 is 6.18 Å². The largest absolute Gasteiger partial charge is 0.416 e. The highest BCUT2D eigenvalue weighted by molar-refractivity contribution is 5.95. The minimum absolute atomic E-state index is 0.105. The highest BCUT2D eigenvalue weighted by Crippen LogP contribution is 2.31. The predicted octanol–water partition coefficient (Wildman–Crippen LogP) is 2.13. The van der Waals surface area contributed by atoms with Gasteiger partial charge < -0.3 is 11.1 Å². The Balaban J connectivity index is 2.95. The zero-order valence-corrected chi connectivity index (χ0v) is 9.59. The molecule has 3 nitrogen and oxygen atoms in total. The first-order valence-electron chi connectivity index (χ1n) is 5.12. The molecule has 7 heteroatoms. The molecule has 1 unspecified atom stereocenters. The van der Waals surface area contributed by atoms with Crippen molar-refractivity contribution in [1.29, 1.82) is 0 Å². The summed E-state index contributed by atoms with van der Waals surface area (Å²) in [6.45, 7) is 0. The zero-order valence-electron chi connectivity index (χ0n) is 9.59. The van der Waals surface area contributed by atoms with Crippen molar-refractivity contribution in [2.75, 3.05) is 5.32 Å². The van der Waals surface area contributed by atoms with E-state index in [-0.39, 0.29) is 6.42 Å². The fraction of sp³-hybridized carbons (Fsp3) is 0.250. The van der Waals surface area contributed by atoms with Crippen molar-refractivity contribution in [3.63, 3.8) is 0 Å². The number of alkyl halides is 3. The Hall–Kier alpha value is -2.07. The van der Waals surface area contributed by atoms with Crippen molar-refractivity contribution in [3.05, 3.63) is 29.6 Å². The van der Waals surface area contributed by atoms with Gasteiger partial charge in [0.05, 0.1) is 17.3 Å². The molecule has 0 spiro atoms. The van der Waals surface area contributed by atoms with Gasteiger partial charge in [0.15, 0.2) is 0 Å². The van der Waals surface area contributed by atoms with Crippen molar-refractivity contribution < 1.29 is 22.4 Å². The van der Waals surface area contributed by atoms with Crippen LogP contribution in [0.1, 0.15) is 12.0 Å². The van der Waals surface area contributed by atoms with Gasteiger partial charge in [-0.1, -0.05) is 0 Å². The smallest absolute Gasteiger partial charge is 0.322 e. The lowest BCUT2D eigenvalue weighted by molar-refractivity contribution is -0.137. The van der Waals surface area contributed by atoms with Gasteiger partial charge in [-0.25, -0.2) is 4.39 Å². The summed E-state index contributed by atoms with van der Waals surface area (Å²) >= 11 is 0. The highest BCUT2D eigenvalue weighted by Gasteiger charge is 2.31. The molecule has 0 aromatic heterocycles. The number of benzene rings is 1. The predicted molar refractivity (Wildman–Crippen MR) is 61.5 cm³/mol. The van der Waals surface area contributed by atoms with Crippen LogP contribution >= 0.6 is 0 Å². The first-order valence-corrected chi connectivity index (χ1v) is 5.12. The molecular formula is C12H10F4N2O. The highest BCUT2D eigenvalue weighted by atomic mass is 19.4. The second-order valence-corrected chi connectivity index (χ2v) is 3.70. The molecule has 3 N–H and O–H groups in total. The summed E-state index contributed by atoms with van der Waals surface area (Å²) in [4.78, 5) is 11.4. The number of hydrogen-bond donors (Lipinski definition) is 2. The Labute approximate surface area is 106 Å². The van der Waals surface area contributed by atoms with Crippen LogP contribution in [0.15, 0.2) is 18.2 Å². The summed E-state index contributed by atoms with van der Waals surface area (Å²) in [5.41, 5.74) is 3.69. The molecule has 1 aromatic carbocycles. The van der Waals surface area contributed by atoms with E-state index in [1.54, 1.807) is 0 Å². The van der Waals surface area contributed by atoms with Gasteiger partial charge in [0.1, 0.15) is 5.82 Å². The Morgan fingerprint density at radius 3 is 2.63 bits per heavy atom. The number of nitrogens with two attached hydrogens (primary N) is 1. The standard InChI is InChI=1S/C12H10F4N2O/c1-2-3-9(17)11(19)18-10-6-7(12(14,15)16)4-5-8(10)13/h1,4-6,9H,3,17H2,(H,18,19). The normalized spacial score (nSPS) is 12.6. The molecule has 0 bridgehead atoms. The number of hydrogen-bond acceptors (Lipinski definition) is 2. The van der Waals surface area contributed by atoms with Gasteiger partial charge in [0.25, 0.3) is 0 Å². The molecule has 0 aliphatic heterocycles. The lowest BCUT2D eigenvalue weighted by atomic mass is 10.1. The number of nitrogens with one attached hydrogen (secondary N) is 1. The third kappa shape index (κ3) is 3.96. The summed E-state index contributed by atoms with van der Waals surface area (Å²) < 4.78 is 50.6. The molecule has 1 rings (SSSR count). The summed E-state index contributed by atoms with van der Waals surface area (Å²) in [6, 6.07) is 0.576. The minimum Gasteiger partial charge on any atom is -0.322 e. The number of halogens is 4. The maximum atomic E-state index is 13.3. The topological polar surface area (TPSA) is 55.1 Å². The van der Waals surface area contributed by atoms with Crippen molar-refractivity contribution in [2.24, 2.45) is 5.73 Å². The van der Waals surface area contributed by atoms with Crippen LogP contribution in [0.25, 0.3) is 0 Å². The van der Waals surface area contributed by atoms with Crippen molar-refractivity contribution >= 4 is 11.6 Å². The second kappa shape index (κ2) is 5.71. The minimum atomic E-state index is -4.63. The van der Waals surface area contributed by atoms with Crippen LogP contribution in [0.4, 0.5) is 23.2 Å². The Morgan fingerprint density at radius 2 is 2.11 bits per heavy atom. The van der Waals surface area contributed by atoms with Crippen LogP contribution in [0, 0.1) is 18.2 Å². The van der Waals surface area contributed by atoms with Crippen LogP contribution in [0.3, 0.4) is 0 Å². The quantitative estimate of drug-likeness (QED) is 0.655. The second-order valence-electron chi connectivity index (χ2n) is 3.70. The molecule has 0 radical (unpaired) electrons. The monoisotopic (exact) mass is 274 g/mol. The molecule has 1 amide bonds. The van der Waals surface area contributed by atoms with Crippen LogP contribution in [0.2, 0.25) is 0 Å². The molecule has 0 aliphatic carbocycles. The SMILES string of the molecule is C#CCC(N)C(=O)Nc1cc(C(F)(F)F)ccc1F. The summed E-state index contributed by atoms with van der Waals surface area (Å²) in [5.74, 6) is 0.283. The van der Waals surface area contributed by atoms with Crippen LogP contribution in [-0.2, 0) is 11.0 Å². The number of carbonyl (C=O) groups excluding carboxylic acids is 1. The maximum Gasteiger partial charge on any atom is 0.416 e. The molecule has 0 saturated heterocycles. The van der Waals surface area contributed by atoms with Gasteiger partial charge in [0, 0.05) is 6.42 Å². The van der Waals surface area contributed by atoms with E-state index >= 15 is 0 Å². The van der Waals surface area contributed by atoms with Gasteiger partial charge in [-0.05, 0) is 18.2 Å². The fourth-order valence-corrected chi connectivity index (χ4v) is 1.24. The Bertz CT molecular complexity index is 519. The molecule has 0 aliphatic rings. The third-order valence-electron chi connectivity index (χ3n) is 2.23. The molecule has 0 fully saturated rings. The summed E-state index contributed by atoms with van der Waals surface area (Å²) in [5, 5.41) is 1.97. The van der Waals surface area contributed by atoms with Crippen molar-refractivity contribution in [2.45, 2.75) is 18.6 Å². The number of amides is 1. The van der Waals surface area contributed by atoms with E-state index in [9.17, 15) is 22.4 Å². The molecular weight excluding hydrogens is 264 g/mol. The molecule has 19 heavy (non-hydrogen) atoms. The summed E-state index contributed by atoms with van der Waals surface area (Å²) in [7, 11) is 0. The van der Waals surface area contributed by atoms with E-state index in [1.165, 1.54) is 0 Å². The maximum absolute atomic E-state index is 13.3. The average Bonchev–Trinajstić information content (AvgIpc) is 2.30. The van der Waals surface area contributed by atoms with E-state index in [0.29, 0.717) is 18.2 Å². The van der Waals surface area contributed by atoms with E-state index < -0.39 is 35.2 Å². The van der Waals surface area contributed by atoms with Gasteiger partial charge in [-0.15, -0.1) is 12.3 Å². The van der Waals surface area contributed by atoms with Crippen LogP contribution in [-0.4, -0.2) is 11.9 Å². The van der Waals surface area contributed by atoms with Crippen molar-refractivity contribution in [1.82, 2.24) is 0 Å². The third-order valence-corrected chi connectivity index (χ3v) is 2.23. The van der Waals surface area contributed by atoms with Gasteiger partial charge in [-0.2, -0.15) is 13.2 Å². The number of anilines is 1. The lowest BCUT2D eigenvalue weighted by Gasteiger charge is -2.13. The molecule has 1 atom stereocenters. The van der Waals surface area contributed by atoms with E-state index in [0.717, 1.165) is 0 Å². The molecule has 1 aromatic rings. The van der Waals surface area contributed by atoms with E-state index in [4.69, 9.17) is 12.2 Å². The Morgan fingerprint density at radius 1 is 1.47 bits per heavy atom.